The number of carbonyl (C=O) groups is 2. The first-order valence-electron chi connectivity index (χ1n) is 8.33. The first kappa shape index (κ1) is 19.2. The molecule has 1 aliphatic rings. The van der Waals surface area contributed by atoms with E-state index in [4.69, 9.17) is 5.14 Å². The van der Waals surface area contributed by atoms with Crippen molar-refractivity contribution < 1.29 is 27.7 Å². The summed E-state index contributed by atoms with van der Waals surface area (Å²) in [5.41, 5.74) is 1.12. The van der Waals surface area contributed by atoms with E-state index in [1.54, 1.807) is 17.4 Å². The van der Waals surface area contributed by atoms with E-state index in [1.165, 1.54) is 30.3 Å². The molecule has 2 aromatic carbocycles. The molecule has 2 amide bonds. The van der Waals surface area contributed by atoms with E-state index in [2.05, 4.69) is 0 Å². The second-order valence-corrected chi connectivity index (χ2v) is 7.88. The Morgan fingerprint density at radius 1 is 1.15 bits per heavy atom. The van der Waals surface area contributed by atoms with Crippen LogP contribution in [0.3, 0.4) is 0 Å². The van der Waals surface area contributed by atoms with Crippen LogP contribution in [0.2, 0.25) is 0 Å². The zero-order chi connectivity index (χ0) is 19.6. The lowest BCUT2D eigenvalue weighted by Crippen LogP contribution is -2.92. The van der Waals surface area contributed by atoms with Gasteiger partial charge in [-0.05, 0) is 35.9 Å². The summed E-state index contributed by atoms with van der Waals surface area (Å²) >= 11 is 0. The summed E-state index contributed by atoms with van der Waals surface area (Å²) in [6.07, 6.45) is 0.641. The van der Waals surface area contributed by atoms with Crippen LogP contribution in [0.15, 0.2) is 53.4 Å². The fourth-order valence-electron chi connectivity index (χ4n) is 3.02. The highest BCUT2D eigenvalue weighted by Crippen LogP contribution is 2.22. The number of primary sulfonamides is 1. The maximum atomic E-state index is 13.4. The Morgan fingerprint density at radius 3 is 2.48 bits per heavy atom. The minimum atomic E-state index is -3.72. The minimum absolute atomic E-state index is 0.0394. The van der Waals surface area contributed by atoms with Gasteiger partial charge in [-0.1, -0.05) is 18.2 Å². The van der Waals surface area contributed by atoms with Gasteiger partial charge in [-0.25, -0.2) is 22.8 Å². The summed E-state index contributed by atoms with van der Waals surface area (Å²) < 4.78 is 35.8. The van der Waals surface area contributed by atoms with Gasteiger partial charge in [-0.3, -0.25) is 9.59 Å². The Hall–Kier alpha value is -2.62. The van der Waals surface area contributed by atoms with E-state index in [1.807, 2.05) is 0 Å². The summed E-state index contributed by atoms with van der Waals surface area (Å²) in [6, 6.07) is 11.0. The predicted octanol–water partition coefficient (Wildman–Crippen LogP) is -0.0889. The van der Waals surface area contributed by atoms with Gasteiger partial charge in [0, 0.05) is 6.42 Å². The molecule has 0 aromatic heterocycles. The number of rotatable bonds is 6. The van der Waals surface area contributed by atoms with Gasteiger partial charge in [0.2, 0.25) is 15.9 Å². The molecule has 0 bridgehead atoms. The highest BCUT2D eigenvalue weighted by atomic mass is 32.2. The molecule has 1 atom stereocenters. The van der Waals surface area contributed by atoms with E-state index in [0.29, 0.717) is 13.0 Å². The molecule has 0 spiro atoms. The van der Waals surface area contributed by atoms with Crippen molar-refractivity contribution in [1.29, 1.82) is 0 Å². The SMILES string of the molecule is NS(=O)(=O)c1ccc(CC[NH2+][C@H]2CC(=O)N(c3cccc(F)c3)C2=O)cc1. The molecule has 0 aliphatic carbocycles. The van der Waals surface area contributed by atoms with Gasteiger partial charge in [-0.15, -0.1) is 0 Å². The van der Waals surface area contributed by atoms with Crippen LogP contribution in [0.25, 0.3) is 0 Å². The molecule has 27 heavy (non-hydrogen) atoms. The van der Waals surface area contributed by atoms with Crippen LogP contribution in [0.4, 0.5) is 10.1 Å². The molecule has 0 radical (unpaired) electrons. The van der Waals surface area contributed by atoms with Crippen molar-refractivity contribution >= 4 is 27.5 Å². The molecule has 142 valence electrons. The number of hydrogen-bond acceptors (Lipinski definition) is 4. The Labute approximate surface area is 156 Å². The van der Waals surface area contributed by atoms with Crippen molar-refractivity contribution in [1.82, 2.24) is 0 Å². The molecule has 3 rings (SSSR count). The number of benzene rings is 2. The number of nitrogens with zero attached hydrogens (tertiary/aromatic N) is 1. The molecule has 4 N–H and O–H groups in total. The average molecular weight is 392 g/mol. The van der Waals surface area contributed by atoms with Gasteiger partial charge >= 0.3 is 0 Å². The molecule has 1 aliphatic heterocycles. The van der Waals surface area contributed by atoms with E-state index in [9.17, 15) is 22.4 Å². The second-order valence-electron chi connectivity index (χ2n) is 6.32. The molecule has 0 unspecified atom stereocenters. The number of anilines is 1. The third-order valence-electron chi connectivity index (χ3n) is 4.38. The van der Waals surface area contributed by atoms with Crippen LogP contribution in [0.1, 0.15) is 12.0 Å². The lowest BCUT2D eigenvalue weighted by atomic mass is 10.1. The summed E-state index contributed by atoms with van der Waals surface area (Å²) in [7, 11) is -3.72. The minimum Gasteiger partial charge on any atom is -0.335 e. The van der Waals surface area contributed by atoms with E-state index in [0.717, 1.165) is 16.5 Å². The third kappa shape index (κ3) is 4.38. The quantitative estimate of drug-likeness (QED) is 0.669. The summed E-state index contributed by atoms with van der Waals surface area (Å²) in [6.45, 7) is 0.537. The summed E-state index contributed by atoms with van der Waals surface area (Å²) in [5.74, 6) is -1.23. The fraction of sp³-hybridized carbons (Fsp3) is 0.222. The van der Waals surface area contributed by atoms with Crippen molar-refractivity contribution in [3.63, 3.8) is 0 Å². The lowest BCUT2D eigenvalue weighted by molar-refractivity contribution is -0.674. The van der Waals surface area contributed by atoms with E-state index >= 15 is 0 Å². The zero-order valence-electron chi connectivity index (χ0n) is 14.3. The third-order valence-corrected chi connectivity index (χ3v) is 5.31. The highest BCUT2D eigenvalue weighted by Gasteiger charge is 2.42. The molecule has 1 heterocycles. The number of imide groups is 1. The first-order valence-corrected chi connectivity index (χ1v) is 9.88. The number of quaternary nitrogens is 1. The number of hydrogen-bond donors (Lipinski definition) is 2. The molecular weight excluding hydrogens is 373 g/mol. The van der Waals surface area contributed by atoms with Crippen LogP contribution >= 0.6 is 0 Å². The average Bonchev–Trinajstić information content (AvgIpc) is 2.88. The number of halogens is 1. The second kappa shape index (κ2) is 7.55. The summed E-state index contributed by atoms with van der Waals surface area (Å²) in [4.78, 5) is 25.7. The standard InChI is InChI=1S/C18H18FN3O4S/c19-13-2-1-3-14(10-13)22-17(23)11-16(18(22)24)21-9-8-12-4-6-15(7-5-12)27(20,25)26/h1-7,10,16,21H,8-9,11H2,(H2,20,25,26)/p+1/t16-/m0/s1. The number of carbonyl (C=O) groups excluding carboxylic acids is 2. The fourth-order valence-corrected chi connectivity index (χ4v) is 3.54. The van der Waals surface area contributed by atoms with Crippen LogP contribution in [-0.2, 0) is 26.0 Å². The van der Waals surface area contributed by atoms with Gasteiger partial charge in [0.15, 0.2) is 6.04 Å². The highest BCUT2D eigenvalue weighted by molar-refractivity contribution is 7.89. The van der Waals surface area contributed by atoms with Crippen LogP contribution in [-0.4, -0.2) is 32.8 Å². The maximum Gasteiger partial charge on any atom is 0.292 e. The lowest BCUT2D eigenvalue weighted by Gasteiger charge is -2.14. The Morgan fingerprint density at radius 2 is 1.85 bits per heavy atom. The summed E-state index contributed by atoms with van der Waals surface area (Å²) in [5, 5.41) is 6.83. The Bertz CT molecular complexity index is 976. The van der Waals surface area contributed by atoms with Crippen molar-refractivity contribution in [2.45, 2.75) is 23.8 Å². The molecule has 7 nitrogen and oxygen atoms in total. The molecular formula is C18H19FN3O4S+. The largest absolute Gasteiger partial charge is 0.335 e. The topological polar surface area (TPSA) is 114 Å². The molecule has 0 saturated carbocycles. The zero-order valence-corrected chi connectivity index (χ0v) is 15.2. The smallest absolute Gasteiger partial charge is 0.292 e. The predicted molar refractivity (Wildman–Crippen MR) is 95.6 cm³/mol. The van der Waals surface area contributed by atoms with Crippen molar-refractivity contribution in [2.24, 2.45) is 5.14 Å². The first-order chi connectivity index (χ1) is 12.8. The van der Waals surface area contributed by atoms with E-state index < -0.39 is 21.9 Å². The van der Waals surface area contributed by atoms with Crippen molar-refractivity contribution in [3.8, 4) is 0 Å². The maximum absolute atomic E-state index is 13.4. The van der Waals surface area contributed by atoms with Crippen molar-refractivity contribution in [3.05, 3.63) is 59.9 Å². The molecule has 9 heteroatoms. The Balaban J connectivity index is 1.59. The van der Waals surface area contributed by atoms with Crippen LogP contribution in [0.5, 0.6) is 0 Å². The number of sulfonamides is 1. The van der Waals surface area contributed by atoms with Crippen LogP contribution < -0.4 is 15.4 Å². The molecule has 1 fully saturated rings. The number of nitrogens with two attached hydrogens (primary N) is 2. The normalized spacial score (nSPS) is 17.6. The van der Waals surface area contributed by atoms with Gasteiger partial charge in [0.25, 0.3) is 5.91 Å². The molecule has 2 aromatic rings. The van der Waals surface area contributed by atoms with E-state index in [-0.39, 0.29) is 28.8 Å². The molecule has 1 saturated heterocycles. The van der Waals surface area contributed by atoms with Crippen molar-refractivity contribution in [2.75, 3.05) is 11.4 Å². The number of amides is 2. The van der Waals surface area contributed by atoms with Gasteiger partial charge < -0.3 is 5.32 Å². The van der Waals surface area contributed by atoms with Gasteiger partial charge in [0.05, 0.1) is 23.5 Å². The Kier molecular flexibility index (Phi) is 5.36. The monoisotopic (exact) mass is 392 g/mol. The van der Waals surface area contributed by atoms with Gasteiger partial charge in [-0.2, -0.15) is 0 Å². The van der Waals surface area contributed by atoms with Crippen LogP contribution in [0, 0.1) is 5.82 Å². The van der Waals surface area contributed by atoms with Gasteiger partial charge in [0.1, 0.15) is 5.82 Å².